The molecule has 1 N–H and O–H groups in total. The molecule has 3 heterocycles. The van der Waals surface area contributed by atoms with Crippen molar-refractivity contribution in [1.82, 2.24) is 19.6 Å². The standard InChI is InChI=1S/C22H21ClN4O5/c1-12(2)11-32-22(31)17-10-26(25-24-17)18-5-3-14(23)9-16(18)13-7-15-4-6-19(21(29)30)27(15)20(28)8-13/h3,5,7-10,12,19H,4,6,11H2,1-2H3,(H,29,30)/t19-/m0/s1. The van der Waals surface area contributed by atoms with Crippen molar-refractivity contribution >= 4 is 23.5 Å². The molecular weight excluding hydrogens is 436 g/mol. The van der Waals surface area contributed by atoms with Gasteiger partial charge < -0.3 is 9.84 Å². The largest absolute Gasteiger partial charge is 0.480 e. The number of ether oxygens (including phenoxy) is 1. The second kappa shape index (κ2) is 8.58. The maximum atomic E-state index is 12.7. The number of carbonyl (C=O) groups is 2. The average molecular weight is 457 g/mol. The minimum Gasteiger partial charge on any atom is -0.480 e. The van der Waals surface area contributed by atoms with Gasteiger partial charge in [-0.05, 0) is 48.6 Å². The third-order valence-electron chi connectivity index (χ3n) is 5.19. The van der Waals surface area contributed by atoms with E-state index >= 15 is 0 Å². The van der Waals surface area contributed by atoms with E-state index < -0.39 is 23.5 Å². The van der Waals surface area contributed by atoms with Crippen LogP contribution in [0.4, 0.5) is 0 Å². The highest BCUT2D eigenvalue weighted by Crippen LogP contribution is 2.32. The van der Waals surface area contributed by atoms with Gasteiger partial charge in [-0.2, -0.15) is 0 Å². The van der Waals surface area contributed by atoms with Crippen LogP contribution in [0.5, 0.6) is 0 Å². The van der Waals surface area contributed by atoms with Gasteiger partial charge in [-0.3, -0.25) is 9.36 Å². The lowest BCUT2D eigenvalue weighted by molar-refractivity contribution is -0.140. The summed E-state index contributed by atoms with van der Waals surface area (Å²) in [6, 6.07) is 7.37. The van der Waals surface area contributed by atoms with Gasteiger partial charge in [0, 0.05) is 22.3 Å². The van der Waals surface area contributed by atoms with Crippen molar-refractivity contribution in [3.63, 3.8) is 0 Å². The van der Waals surface area contributed by atoms with Crippen LogP contribution in [0.2, 0.25) is 5.02 Å². The molecule has 0 fully saturated rings. The fourth-order valence-electron chi connectivity index (χ4n) is 3.71. The van der Waals surface area contributed by atoms with E-state index in [1.165, 1.54) is 21.5 Å². The molecule has 0 saturated heterocycles. The summed E-state index contributed by atoms with van der Waals surface area (Å²) in [5, 5.41) is 17.8. The first kappa shape index (κ1) is 21.8. The molecule has 0 spiro atoms. The van der Waals surface area contributed by atoms with Crippen molar-refractivity contribution < 1.29 is 19.4 Å². The number of hydrogen-bond donors (Lipinski definition) is 1. The number of pyridine rings is 1. The first-order valence-electron chi connectivity index (χ1n) is 10.1. The number of carboxylic acid groups (broad SMARTS) is 1. The molecule has 9 nitrogen and oxygen atoms in total. The fraction of sp³-hybridized carbons (Fsp3) is 0.318. The average Bonchev–Trinajstić information content (AvgIpc) is 3.39. The number of benzene rings is 1. The molecule has 32 heavy (non-hydrogen) atoms. The van der Waals surface area contributed by atoms with Crippen molar-refractivity contribution in [2.24, 2.45) is 5.92 Å². The first-order chi connectivity index (χ1) is 15.2. The molecule has 0 unspecified atom stereocenters. The Morgan fingerprint density at radius 2 is 2.06 bits per heavy atom. The zero-order chi connectivity index (χ0) is 23.0. The molecule has 0 bridgehead atoms. The van der Waals surface area contributed by atoms with Crippen LogP contribution in [-0.4, -0.2) is 43.2 Å². The number of carbonyl (C=O) groups excluding carboxylic acids is 1. The quantitative estimate of drug-likeness (QED) is 0.566. The molecule has 2 aromatic heterocycles. The Morgan fingerprint density at radius 3 is 2.78 bits per heavy atom. The molecule has 0 amide bonds. The van der Waals surface area contributed by atoms with Gasteiger partial charge in [0.25, 0.3) is 5.56 Å². The minimum absolute atomic E-state index is 0.0601. The van der Waals surface area contributed by atoms with Gasteiger partial charge in [-0.25, -0.2) is 14.3 Å². The van der Waals surface area contributed by atoms with Gasteiger partial charge in [0.1, 0.15) is 6.04 Å². The Labute approximate surface area is 188 Å². The highest BCUT2D eigenvalue weighted by Gasteiger charge is 2.29. The molecule has 1 aliphatic heterocycles. The summed E-state index contributed by atoms with van der Waals surface area (Å²) >= 11 is 6.22. The molecule has 0 radical (unpaired) electrons. The van der Waals surface area contributed by atoms with Crippen LogP contribution < -0.4 is 5.56 Å². The van der Waals surface area contributed by atoms with Gasteiger partial charge in [-0.1, -0.05) is 30.7 Å². The van der Waals surface area contributed by atoms with Crippen molar-refractivity contribution in [3.05, 3.63) is 63.3 Å². The number of nitrogens with zero attached hydrogens (tertiary/aromatic N) is 4. The van der Waals surface area contributed by atoms with Crippen LogP contribution in [-0.2, 0) is 16.0 Å². The molecule has 3 aromatic rings. The van der Waals surface area contributed by atoms with E-state index in [-0.39, 0.29) is 18.2 Å². The molecule has 4 rings (SSSR count). The Kier molecular flexibility index (Phi) is 5.84. The van der Waals surface area contributed by atoms with Gasteiger partial charge >= 0.3 is 11.9 Å². The highest BCUT2D eigenvalue weighted by molar-refractivity contribution is 6.31. The van der Waals surface area contributed by atoms with Crippen molar-refractivity contribution in [2.45, 2.75) is 32.7 Å². The van der Waals surface area contributed by atoms with E-state index in [0.29, 0.717) is 40.4 Å². The monoisotopic (exact) mass is 456 g/mol. The van der Waals surface area contributed by atoms with Gasteiger partial charge in [0.15, 0.2) is 5.69 Å². The van der Waals surface area contributed by atoms with E-state index in [9.17, 15) is 19.5 Å². The van der Waals surface area contributed by atoms with Crippen LogP contribution in [0.3, 0.4) is 0 Å². The number of fused-ring (bicyclic) bond motifs is 1. The lowest BCUT2D eigenvalue weighted by atomic mass is 10.0. The zero-order valence-corrected chi connectivity index (χ0v) is 18.2. The Bertz CT molecular complexity index is 1260. The lowest BCUT2D eigenvalue weighted by Crippen LogP contribution is -2.27. The lowest BCUT2D eigenvalue weighted by Gasteiger charge is -2.13. The molecule has 0 saturated carbocycles. The molecule has 1 atom stereocenters. The van der Waals surface area contributed by atoms with Crippen LogP contribution in [0, 0.1) is 5.92 Å². The van der Waals surface area contributed by atoms with Crippen LogP contribution in [0.1, 0.15) is 42.5 Å². The van der Waals surface area contributed by atoms with E-state index in [1.54, 1.807) is 24.3 Å². The third kappa shape index (κ3) is 4.16. The number of halogens is 1. The van der Waals surface area contributed by atoms with E-state index in [1.807, 2.05) is 13.8 Å². The Morgan fingerprint density at radius 1 is 1.28 bits per heavy atom. The fourth-order valence-corrected chi connectivity index (χ4v) is 3.89. The summed E-state index contributed by atoms with van der Waals surface area (Å²) < 4.78 is 7.93. The normalized spacial score (nSPS) is 15.1. The number of esters is 1. The Hall–Kier alpha value is -3.46. The number of carboxylic acids is 1. The maximum absolute atomic E-state index is 12.7. The summed E-state index contributed by atoms with van der Waals surface area (Å²) in [6.45, 7) is 4.14. The minimum atomic E-state index is -1.03. The summed E-state index contributed by atoms with van der Waals surface area (Å²) in [5.74, 6) is -1.41. The summed E-state index contributed by atoms with van der Waals surface area (Å²) in [7, 11) is 0. The van der Waals surface area contributed by atoms with Crippen LogP contribution >= 0.6 is 11.6 Å². The number of aryl methyl sites for hydroxylation is 1. The van der Waals surface area contributed by atoms with Crippen LogP contribution in [0.25, 0.3) is 16.8 Å². The molecule has 1 aliphatic rings. The van der Waals surface area contributed by atoms with Gasteiger partial charge in [0.05, 0.1) is 18.5 Å². The molecule has 166 valence electrons. The summed E-state index contributed by atoms with van der Waals surface area (Å²) in [6.07, 6.45) is 2.29. The van der Waals surface area contributed by atoms with Crippen molar-refractivity contribution in [1.29, 1.82) is 0 Å². The summed E-state index contributed by atoms with van der Waals surface area (Å²) in [4.78, 5) is 36.4. The smallest absolute Gasteiger partial charge is 0.360 e. The number of rotatable bonds is 6. The number of aliphatic carboxylic acids is 1. The number of hydrogen-bond acceptors (Lipinski definition) is 6. The Balaban J connectivity index is 1.74. The molecule has 1 aromatic carbocycles. The van der Waals surface area contributed by atoms with E-state index in [0.717, 1.165) is 0 Å². The topological polar surface area (TPSA) is 116 Å². The SMILES string of the molecule is CC(C)COC(=O)c1cn(-c2ccc(Cl)cc2-c2cc3n(c(=O)c2)[C@H](C(=O)O)CC3)nn1. The van der Waals surface area contributed by atoms with E-state index in [4.69, 9.17) is 16.3 Å². The zero-order valence-electron chi connectivity index (χ0n) is 17.5. The number of aromatic nitrogens is 4. The first-order valence-corrected chi connectivity index (χ1v) is 10.5. The molecular formula is C22H21ClN4O5. The van der Waals surface area contributed by atoms with Crippen molar-refractivity contribution in [3.8, 4) is 16.8 Å². The second-order valence-corrected chi connectivity index (χ2v) is 8.47. The highest BCUT2D eigenvalue weighted by atomic mass is 35.5. The van der Waals surface area contributed by atoms with Crippen molar-refractivity contribution in [2.75, 3.05) is 6.61 Å². The molecule has 10 heteroatoms. The van der Waals surface area contributed by atoms with Gasteiger partial charge in [0.2, 0.25) is 0 Å². The predicted molar refractivity (Wildman–Crippen MR) is 116 cm³/mol. The third-order valence-corrected chi connectivity index (χ3v) is 5.42. The molecule has 0 aliphatic carbocycles. The summed E-state index contributed by atoms with van der Waals surface area (Å²) in [5.41, 5.74) is 2.03. The van der Waals surface area contributed by atoms with E-state index in [2.05, 4.69) is 10.3 Å². The maximum Gasteiger partial charge on any atom is 0.360 e. The van der Waals surface area contributed by atoms with Crippen LogP contribution in [0.15, 0.2) is 41.3 Å². The predicted octanol–water partition coefficient (Wildman–Crippen LogP) is 3.13. The van der Waals surface area contributed by atoms with Gasteiger partial charge in [-0.15, -0.1) is 5.10 Å². The second-order valence-electron chi connectivity index (χ2n) is 8.04.